The molecule has 1 aliphatic rings. The van der Waals surface area contributed by atoms with Crippen molar-refractivity contribution in [2.45, 2.75) is 32.9 Å². The number of likely N-dealkylation sites (tertiary alicyclic amines) is 1. The summed E-state index contributed by atoms with van der Waals surface area (Å²) < 4.78 is 16.5. The van der Waals surface area contributed by atoms with Gasteiger partial charge >= 0.3 is 0 Å². The monoisotopic (exact) mass is 384 g/mol. The molecule has 2 aromatic heterocycles. The number of halogens is 1. The fourth-order valence-corrected chi connectivity index (χ4v) is 3.40. The maximum Gasteiger partial charge on any atom is 0.283 e. The molecule has 1 saturated heterocycles. The standard InChI is InChI=1S/C19H21FN6O2/c1-13-6-8-24(9-7-13)16(27)11-25-12-21-18-17(19(25)28)22-23-26(18)10-14-4-2-3-5-15(14)20/h2-5,12-13H,6-11H2,1H3. The number of nitrogens with zero attached hydrogens (tertiary/aromatic N) is 6. The van der Waals surface area contributed by atoms with Crippen molar-refractivity contribution in [1.29, 1.82) is 0 Å². The van der Waals surface area contributed by atoms with Gasteiger partial charge in [-0.1, -0.05) is 30.3 Å². The summed E-state index contributed by atoms with van der Waals surface area (Å²) in [4.78, 5) is 31.2. The molecule has 0 spiro atoms. The first kappa shape index (κ1) is 18.3. The summed E-state index contributed by atoms with van der Waals surface area (Å²) in [6.45, 7) is 3.64. The van der Waals surface area contributed by atoms with Crippen LogP contribution in [0.1, 0.15) is 25.3 Å². The molecule has 3 heterocycles. The number of aromatic nitrogens is 5. The molecule has 0 N–H and O–H groups in total. The number of hydrogen-bond donors (Lipinski definition) is 0. The number of piperidine rings is 1. The second-order valence-electron chi connectivity index (χ2n) is 7.25. The third-order valence-electron chi connectivity index (χ3n) is 5.21. The van der Waals surface area contributed by atoms with E-state index in [9.17, 15) is 14.0 Å². The third kappa shape index (κ3) is 3.51. The van der Waals surface area contributed by atoms with E-state index in [1.807, 2.05) is 0 Å². The smallest absolute Gasteiger partial charge is 0.283 e. The maximum atomic E-state index is 13.9. The molecular weight excluding hydrogens is 363 g/mol. The predicted octanol–water partition coefficient (Wildman–Crippen LogP) is 1.43. The van der Waals surface area contributed by atoms with Crippen LogP contribution in [0.2, 0.25) is 0 Å². The van der Waals surface area contributed by atoms with Crippen molar-refractivity contribution in [1.82, 2.24) is 29.4 Å². The van der Waals surface area contributed by atoms with E-state index >= 15 is 0 Å². The van der Waals surface area contributed by atoms with Gasteiger partial charge < -0.3 is 4.90 Å². The van der Waals surface area contributed by atoms with Crippen LogP contribution in [0.5, 0.6) is 0 Å². The molecule has 9 heteroatoms. The molecule has 0 radical (unpaired) electrons. The van der Waals surface area contributed by atoms with E-state index < -0.39 is 5.56 Å². The van der Waals surface area contributed by atoms with Crippen LogP contribution in [-0.4, -0.2) is 48.4 Å². The van der Waals surface area contributed by atoms with Crippen LogP contribution in [-0.2, 0) is 17.9 Å². The lowest BCUT2D eigenvalue weighted by Gasteiger charge is -2.30. The largest absolute Gasteiger partial charge is 0.341 e. The van der Waals surface area contributed by atoms with Crippen molar-refractivity contribution in [2.75, 3.05) is 13.1 Å². The summed E-state index contributed by atoms with van der Waals surface area (Å²) in [5, 5.41) is 7.84. The highest BCUT2D eigenvalue weighted by molar-refractivity contribution is 5.76. The SMILES string of the molecule is CC1CCN(C(=O)Cn2cnc3c(nnn3Cc3ccccc3F)c2=O)CC1. The van der Waals surface area contributed by atoms with Crippen LogP contribution < -0.4 is 5.56 Å². The van der Waals surface area contributed by atoms with Crippen LogP contribution in [0.25, 0.3) is 11.2 Å². The van der Waals surface area contributed by atoms with Crippen LogP contribution in [0.15, 0.2) is 35.4 Å². The highest BCUT2D eigenvalue weighted by Crippen LogP contribution is 2.16. The van der Waals surface area contributed by atoms with E-state index in [-0.39, 0.29) is 36.0 Å². The Morgan fingerprint density at radius 3 is 2.75 bits per heavy atom. The summed E-state index contributed by atoms with van der Waals surface area (Å²) in [6.07, 6.45) is 3.28. The van der Waals surface area contributed by atoms with Crippen molar-refractivity contribution in [3.8, 4) is 0 Å². The summed E-state index contributed by atoms with van der Waals surface area (Å²) in [7, 11) is 0. The van der Waals surface area contributed by atoms with E-state index in [1.165, 1.54) is 21.6 Å². The Balaban J connectivity index is 1.56. The molecule has 146 valence electrons. The zero-order chi connectivity index (χ0) is 19.7. The highest BCUT2D eigenvalue weighted by Gasteiger charge is 2.21. The lowest BCUT2D eigenvalue weighted by Crippen LogP contribution is -2.41. The van der Waals surface area contributed by atoms with Crippen molar-refractivity contribution in [3.05, 3.63) is 52.3 Å². The van der Waals surface area contributed by atoms with Gasteiger partial charge in [0.2, 0.25) is 5.91 Å². The van der Waals surface area contributed by atoms with E-state index in [2.05, 4.69) is 22.2 Å². The Hall–Kier alpha value is -3.10. The van der Waals surface area contributed by atoms with Gasteiger partial charge in [-0.15, -0.1) is 5.10 Å². The lowest BCUT2D eigenvalue weighted by molar-refractivity contribution is -0.133. The zero-order valence-electron chi connectivity index (χ0n) is 15.6. The number of benzene rings is 1. The molecule has 8 nitrogen and oxygen atoms in total. The molecule has 28 heavy (non-hydrogen) atoms. The minimum Gasteiger partial charge on any atom is -0.341 e. The average Bonchev–Trinajstić information content (AvgIpc) is 3.10. The van der Waals surface area contributed by atoms with Crippen molar-refractivity contribution >= 4 is 17.1 Å². The summed E-state index contributed by atoms with van der Waals surface area (Å²) >= 11 is 0. The molecular formula is C19H21FN6O2. The zero-order valence-corrected chi connectivity index (χ0v) is 15.6. The molecule has 0 atom stereocenters. The fraction of sp³-hybridized carbons (Fsp3) is 0.421. The van der Waals surface area contributed by atoms with Gasteiger partial charge in [-0.3, -0.25) is 14.2 Å². The number of rotatable bonds is 4. The van der Waals surface area contributed by atoms with Gasteiger partial charge in [-0.2, -0.15) is 0 Å². The van der Waals surface area contributed by atoms with Gasteiger partial charge in [-0.25, -0.2) is 14.1 Å². The molecule has 1 aliphatic heterocycles. The Morgan fingerprint density at radius 1 is 1.25 bits per heavy atom. The van der Waals surface area contributed by atoms with E-state index in [4.69, 9.17) is 0 Å². The molecule has 0 bridgehead atoms. The van der Waals surface area contributed by atoms with Gasteiger partial charge in [0.25, 0.3) is 5.56 Å². The Labute approximate surface area is 160 Å². The minimum atomic E-state index is -0.427. The van der Waals surface area contributed by atoms with Crippen LogP contribution in [0.3, 0.4) is 0 Å². The molecule has 1 fully saturated rings. The number of fused-ring (bicyclic) bond motifs is 1. The van der Waals surface area contributed by atoms with E-state index in [1.54, 1.807) is 23.1 Å². The fourth-order valence-electron chi connectivity index (χ4n) is 3.40. The van der Waals surface area contributed by atoms with Crippen LogP contribution >= 0.6 is 0 Å². The van der Waals surface area contributed by atoms with Crippen LogP contribution in [0.4, 0.5) is 4.39 Å². The van der Waals surface area contributed by atoms with Gasteiger partial charge in [0.1, 0.15) is 18.7 Å². The topological polar surface area (TPSA) is 85.9 Å². The Kier molecular flexibility index (Phi) is 4.89. The molecule has 0 saturated carbocycles. The first-order valence-electron chi connectivity index (χ1n) is 9.32. The molecule has 1 aromatic carbocycles. The molecule has 1 amide bonds. The average molecular weight is 384 g/mol. The minimum absolute atomic E-state index is 0.0684. The summed E-state index contributed by atoms with van der Waals surface area (Å²) in [6, 6.07) is 6.34. The number of amides is 1. The number of hydrogen-bond acceptors (Lipinski definition) is 5. The molecule has 4 rings (SSSR count). The van der Waals surface area contributed by atoms with Crippen molar-refractivity contribution in [2.24, 2.45) is 5.92 Å². The quantitative estimate of drug-likeness (QED) is 0.679. The lowest BCUT2D eigenvalue weighted by atomic mass is 9.99. The normalized spacial score (nSPS) is 15.3. The van der Waals surface area contributed by atoms with Crippen molar-refractivity contribution < 1.29 is 9.18 Å². The Morgan fingerprint density at radius 2 is 2.00 bits per heavy atom. The first-order valence-corrected chi connectivity index (χ1v) is 9.32. The Bertz CT molecular complexity index is 1070. The van der Waals surface area contributed by atoms with Crippen LogP contribution in [0, 0.1) is 11.7 Å². The predicted molar refractivity (Wildman–Crippen MR) is 100 cm³/mol. The highest BCUT2D eigenvalue weighted by atomic mass is 19.1. The van der Waals surface area contributed by atoms with Crippen molar-refractivity contribution in [3.63, 3.8) is 0 Å². The maximum absolute atomic E-state index is 13.9. The molecule has 3 aromatic rings. The molecule has 0 unspecified atom stereocenters. The number of carbonyl (C=O) groups is 1. The van der Waals surface area contributed by atoms with E-state index in [0.717, 1.165) is 12.8 Å². The third-order valence-corrected chi connectivity index (χ3v) is 5.21. The van der Waals surface area contributed by atoms with Gasteiger partial charge in [-0.05, 0) is 24.8 Å². The van der Waals surface area contributed by atoms with Gasteiger partial charge in [0, 0.05) is 18.7 Å². The summed E-state index contributed by atoms with van der Waals surface area (Å²) in [5.74, 6) is 0.157. The van der Waals surface area contributed by atoms with Gasteiger partial charge in [0.05, 0.1) is 6.54 Å². The first-order chi connectivity index (χ1) is 13.5. The second kappa shape index (κ2) is 7.49. The van der Waals surface area contributed by atoms with Gasteiger partial charge in [0.15, 0.2) is 11.2 Å². The summed E-state index contributed by atoms with van der Waals surface area (Å²) in [5.41, 5.74) is 0.334. The molecule has 0 aliphatic carbocycles. The number of carbonyl (C=O) groups excluding carboxylic acids is 1. The van der Waals surface area contributed by atoms with E-state index in [0.29, 0.717) is 24.6 Å². The second-order valence-corrected chi connectivity index (χ2v) is 7.25.